The largest absolute Gasteiger partial charge is 0.462 e. The first-order valence-corrected chi connectivity index (χ1v) is 27.9. The van der Waals surface area contributed by atoms with Gasteiger partial charge in [-0.05, 0) is 25.2 Å². The van der Waals surface area contributed by atoms with Crippen LogP contribution in [0.5, 0.6) is 0 Å². The minimum atomic E-state index is -0.759. The Balaban J connectivity index is 3.99. The Morgan fingerprint density at radius 3 is 0.790 bits per heavy atom. The van der Waals surface area contributed by atoms with E-state index in [4.69, 9.17) is 14.2 Å². The number of esters is 3. The fraction of sp³-hybridized carbons (Fsp3) is 0.946. The Morgan fingerprint density at radius 2 is 0.532 bits per heavy atom. The summed E-state index contributed by atoms with van der Waals surface area (Å²) in [6.45, 7) is 8.98. The van der Waals surface area contributed by atoms with Crippen molar-refractivity contribution >= 4 is 17.9 Å². The third-order valence-electron chi connectivity index (χ3n) is 12.8. The van der Waals surface area contributed by atoms with Crippen LogP contribution in [-0.2, 0) is 28.6 Å². The van der Waals surface area contributed by atoms with Crippen LogP contribution in [0.15, 0.2) is 0 Å². The van der Waals surface area contributed by atoms with Gasteiger partial charge >= 0.3 is 17.9 Å². The highest BCUT2D eigenvalue weighted by atomic mass is 16.6. The number of carbonyl (C=O) groups is 3. The molecule has 0 aliphatic carbocycles. The highest BCUT2D eigenvalue weighted by Crippen LogP contribution is 2.18. The van der Waals surface area contributed by atoms with Gasteiger partial charge in [0.2, 0.25) is 0 Å². The van der Waals surface area contributed by atoms with Crippen molar-refractivity contribution in [2.45, 2.75) is 323 Å². The Labute approximate surface area is 387 Å². The minimum Gasteiger partial charge on any atom is -0.462 e. The first kappa shape index (κ1) is 60.4. The van der Waals surface area contributed by atoms with Crippen molar-refractivity contribution in [3.8, 4) is 0 Å². The molecule has 0 aliphatic rings. The topological polar surface area (TPSA) is 78.9 Å². The predicted octanol–water partition coefficient (Wildman–Crippen LogP) is 18.2. The summed E-state index contributed by atoms with van der Waals surface area (Å²) < 4.78 is 16.7. The molecule has 0 amide bonds. The van der Waals surface area contributed by atoms with Gasteiger partial charge in [-0.25, -0.2) is 0 Å². The Morgan fingerprint density at radius 1 is 0.306 bits per heavy atom. The van der Waals surface area contributed by atoms with E-state index >= 15 is 0 Å². The van der Waals surface area contributed by atoms with Gasteiger partial charge in [-0.1, -0.05) is 278 Å². The van der Waals surface area contributed by atoms with Gasteiger partial charge in [0.1, 0.15) is 13.2 Å². The Hall–Kier alpha value is -1.59. The first-order chi connectivity index (χ1) is 30.4. The molecule has 0 aromatic heterocycles. The van der Waals surface area contributed by atoms with Crippen molar-refractivity contribution < 1.29 is 28.6 Å². The molecule has 6 nitrogen and oxygen atoms in total. The SMILES string of the molecule is CCCCCCCCCCCCCCCCCCCCC(=O)OC[C@@H](COC(=O)CCCCCCCCCCCCCCCCCCCCC(C)C)OC(=O)CCCCCCC. The highest BCUT2D eigenvalue weighted by Gasteiger charge is 2.19. The molecule has 0 N–H and O–H groups in total. The lowest BCUT2D eigenvalue weighted by atomic mass is 10.0. The van der Waals surface area contributed by atoms with Gasteiger partial charge in [-0.15, -0.1) is 0 Å². The summed E-state index contributed by atoms with van der Waals surface area (Å²) in [4.78, 5) is 37.7. The molecule has 0 aromatic rings. The van der Waals surface area contributed by atoms with E-state index in [1.807, 2.05) is 0 Å². The zero-order valence-electron chi connectivity index (χ0n) is 42.3. The number of carbonyl (C=O) groups excluding carboxylic acids is 3. The van der Waals surface area contributed by atoms with E-state index in [0.29, 0.717) is 19.3 Å². The van der Waals surface area contributed by atoms with E-state index in [2.05, 4.69) is 27.7 Å². The Kier molecular flexibility index (Phi) is 49.1. The van der Waals surface area contributed by atoms with Crippen LogP contribution < -0.4 is 0 Å². The van der Waals surface area contributed by atoms with E-state index < -0.39 is 6.10 Å². The summed E-state index contributed by atoms with van der Waals surface area (Å²) >= 11 is 0. The standard InChI is InChI=1S/C56H108O6/c1-5-7-9-11-12-13-14-15-16-17-21-24-27-30-33-36-40-43-47-54(57)60-50-53(62-56(59)49-45-38-10-8-6-2)51-61-55(58)48-44-41-37-34-31-28-25-22-19-18-20-23-26-29-32-35-39-42-46-52(3)4/h52-53H,5-51H2,1-4H3/t53-/m0/s1. The van der Waals surface area contributed by atoms with Gasteiger partial charge in [0, 0.05) is 19.3 Å². The molecular formula is C56H108O6. The van der Waals surface area contributed by atoms with E-state index in [1.165, 1.54) is 205 Å². The van der Waals surface area contributed by atoms with Gasteiger partial charge in [0.05, 0.1) is 0 Å². The monoisotopic (exact) mass is 877 g/mol. The van der Waals surface area contributed by atoms with Crippen LogP contribution in [0.4, 0.5) is 0 Å². The fourth-order valence-electron chi connectivity index (χ4n) is 8.57. The first-order valence-electron chi connectivity index (χ1n) is 27.9. The summed E-state index contributed by atoms with van der Waals surface area (Å²) in [5, 5.41) is 0. The molecule has 0 spiro atoms. The summed E-state index contributed by atoms with van der Waals surface area (Å²) in [7, 11) is 0. The minimum absolute atomic E-state index is 0.0639. The number of rotatable bonds is 51. The lowest BCUT2D eigenvalue weighted by Gasteiger charge is -2.18. The lowest BCUT2D eigenvalue weighted by molar-refractivity contribution is -0.167. The maximum Gasteiger partial charge on any atom is 0.306 e. The quantitative estimate of drug-likeness (QED) is 0.0344. The van der Waals surface area contributed by atoms with Crippen molar-refractivity contribution in [2.24, 2.45) is 5.92 Å². The van der Waals surface area contributed by atoms with Gasteiger partial charge in [0.25, 0.3) is 0 Å². The predicted molar refractivity (Wildman–Crippen MR) is 266 cm³/mol. The van der Waals surface area contributed by atoms with Crippen LogP contribution in [0.1, 0.15) is 317 Å². The summed E-state index contributed by atoms with van der Waals surface area (Å²) in [5.74, 6) is 0.00372. The van der Waals surface area contributed by atoms with Crippen LogP contribution in [0.25, 0.3) is 0 Å². The second-order valence-electron chi connectivity index (χ2n) is 19.7. The van der Waals surface area contributed by atoms with Crippen molar-refractivity contribution in [3.05, 3.63) is 0 Å². The zero-order chi connectivity index (χ0) is 45.2. The summed E-state index contributed by atoms with van der Waals surface area (Å²) in [5.41, 5.74) is 0. The summed E-state index contributed by atoms with van der Waals surface area (Å²) in [6, 6.07) is 0. The molecule has 1 atom stereocenters. The molecule has 0 unspecified atom stereocenters. The van der Waals surface area contributed by atoms with Gasteiger partial charge < -0.3 is 14.2 Å². The van der Waals surface area contributed by atoms with Gasteiger partial charge in [0.15, 0.2) is 6.10 Å². The number of hydrogen-bond acceptors (Lipinski definition) is 6. The molecule has 0 saturated heterocycles. The van der Waals surface area contributed by atoms with E-state index in [-0.39, 0.29) is 31.1 Å². The molecule has 368 valence electrons. The van der Waals surface area contributed by atoms with E-state index in [0.717, 1.165) is 70.1 Å². The normalized spacial score (nSPS) is 12.0. The van der Waals surface area contributed by atoms with Crippen LogP contribution >= 0.6 is 0 Å². The molecule has 0 aromatic carbocycles. The molecular weight excluding hydrogens is 769 g/mol. The van der Waals surface area contributed by atoms with Crippen LogP contribution in [0.2, 0.25) is 0 Å². The smallest absolute Gasteiger partial charge is 0.306 e. The highest BCUT2D eigenvalue weighted by molar-refractivity contribution is 5.71. The number of ether oxygens (including phenoxy) is 3. The second kappa shape index (κ2) is 50.4. The van der Waals surface area contributed by atoms with E-state index in [1.54, 1.807) is 0 Å². The summed E-state index contributed by atoms with van der Waals surface area (Å²) in [6.07, 6.45) is 54.2. The van der Waals surface area contributed by atoms with Crippen molar-refractivity contribution in [1.29, 1.82) is 0 Å². The third kappa shape index (κ3) is 49.4. The number of hydrogen-bond donors (Lipinski definition) is 0. The van der Waals surface area contributed by atoms with Crippen molar-refractivity contribution in [1.82, 2.24) is 0 Å². The molecule has 0 bridgehead atoms. The Bertz CT molecular complexity index is 933. The van der Waals surface area contributed by atoms with Crippen LogP contribution in [0, 0.1) is 5.92 Å². The molecule has 0 fully saturated rings. The van der Waals surface area contributed by atoms with Gasteiger partial charge in [-0.2, -0.15) is 0 Å². The van der Waals surface area contributed by atoms with Crippen LogP contribution in [0.3, 0.4) is 0 Å². The third-order valence-corrected chi connectivity index (χ3v) is 12.8. The average molecular weight is 877 g/mol. The van der Waals surface area contributed by atoms with Crippen molar-refractivity contribution in [3.63, 3.8) is 0 Å². The molecule has 0 aliphatic heterocycles. The fourth-order valence-corrected chi connectivity index (χ4v) is 8.57. The van der Waals surface area contributed by atoms with E-state index in [9.17, 15) is 14.4 Å². The second-order valence-corrected chi connectivity index (χ2v) is 19.7. The maximum absolute atomic E-state index is 12.6. The molecule has 0 saturated carbocycles. The van der Waals surface area contributed by atoms with Crippen molar-refractivity contribution in [2.75, 3.05) is 13.2 Å². The molecule has 0 radical (unpaired) electrons. The van der Waals surface area contributed by atoms with Crippen LogP contribution in [-0.4, -0.2) is 37.2 Å². The molecule has 0 rings (SSSR count). The number of unbranched alkanes of at least 4 members (excludes halogenated alkanes) is 38. The average Bonchev–Trinajstić information content (AvgIpc) is 3.26. The maximum atomic E-state index is 12.6. The zero-order valence-corrected chi connectivity index (χ0v) is 42.3. The molecule has 62 heavy (non-hydrogen) atoms. The molecule has 6 heteroatoms. The molecule has 0 heterocycles. The van der Waals surface area contributed by atoms with Gasteiger partial charge in [-0.3, -0.25) is 14.4 Å². The lowest BCUT2D eigenvalue weighted by Crippen LogP contribution is -2.30.